The van der Waals surface area contributed by atoms with Crippen LogP contribution in [0.4, 0.5) is 0 Å². The molecule has 0 atom stereocenters. The minimum atomic E-state index is -2.15. The number of hydrogen-bond acceptors (Lipinski definition) is 2. The van der Waals surface area contributed by atoms with Gasteiger partial charge < -0.3 is 12.4 Å². The molecule has 0 unspecified atom stereocenters. The predicted molar refractivity (Wildman–Crippen MR) is 203 cm³/mol. The van der Waals surface area contributed by atoms with Crippen LogP contribution in [0.2, 0.25) is 19.6 Å². The Morgan fingerprint density at radius 1 is 0.702 bits per heavy atom. The van der Waals surface area contributed by atoms with E-state index in [4.69, 9.17) is 9.10 Å². The van der Waals surface area contributed by atoms with Gasteiger partial charge in [-0.1, -0.05) is 146 Å². The monoisotopic (exact) mass is 812 g/mol. The molecule has 0 amide bonds. The van der Waals surface area contributed by atoms with Gasteiger partial charge in [-0.2, -0.15) is 0 Å². The predicted octanol–water partition coefficient (Wildman–Crippen LogP) is 11.3. The van der Waals surface area contributed by atoms with Gasteiger partial charge in [-0.25, -0.2) is 0 Å². The molecule has 0 bridgehead atoms. The minimum absolute atomic E-state index is 0. The van der Waals surface area contributed by atoms with Gasteiger partial charge in [-0.3, -0.25) is 4.98 Å². The molecule has 47 heavy (non-hydrogen) atoms. The maximum Gasteiger partial charge on any atom is 0.0798 e. The fourth-order valence-electron chi connectivity index (χ4n) is 6.12. The second-order valence-corrected chi connectivity index (χ2v) is 18.2. The summed E-state index contributed by atoms with van der Waals surface area (Å²) in [6.07, 6.45) is 3.24. The molecule has 2 nitrogen and oxygen atoms in total. The third-order valence-electron chi connectivity index (χ3n) is 8.20. The van der Waals surface area contributed by atoms with E-state index < -0.39 is 14.9 Å². The topological polar surface area (TPSA) is 25.8 Å². The average Bonchev–Trinajstić information content (AvgIpc) is 3.08. The normalized spacial score (nSPS) is 12.3. The molecule has 0 aliphatic heterocycles. The van der Waals surface area contributed by atoms with Crippen LogP contribution in [-0.4, -0.2) is 18.0 Å². The molecule has 1 radical (unpaired) electrons. The first kappa shape index (κ1) is 31.6. The molecular formula is C43H44IrN2Si-2. The van der Waals surface area contributed by atoms with Crippen LogP contribution in [0.5, 0.6) is 0 Å². The minimum Gasteiger partial charge on any atom is -0.358 e. The molecule has 0 saturated carbocycles. The van der Waals surface area contributed by atoms with Gasteiger partial charge in [0.1, 0.15) is 0 Å². The maximum atomic E-state index is 7.30. The largest absolute Gasteiger partial charge is 0.358 e. The number of hydrogen-bond donors (Lipinski definition) is 0. The molecule has 2 aromatic heterocycles. The number of pyridine rings is 2. The van der Waals surface area contributed by atoms with Crippen LogP contribution in [-0.2, 0) is 26.5 Å². The molecule has 0 saturated heterocycles. The molecule has 241 valence electrons. The summed E-state index contributed by atoms with van der Waals surface area (Å²) in [6, 6.07) is 42.4. The van der Waals surface area contributed by atoms with Gasteiger partial charge in [-0.05, 0) is 58.4 Å². The Labute approximate surface area is 299 Å². The number of rotatable bonds is 5. The van der Waals surface area contributed by atoms with E-state index >= 15 is 0 Å². The van der Waals surface area contributed by atoms with Gasteiger partial charge in [0.15, 0.2) is 0 Å². The van der Waals surface area contributed by atoms with Gasteiger partial charge in [0.25, 0.3) is 0 Å². The molecule has 0 fully saturated rings. The molecule has 7 rings (SSSR count). The molecule has 0 aliphatic carbocycles. The van der Waals surface area contributed by atoms with E-state index in [1.54, 1.807) is 6.07 Å². The summed E-state index contributed by atoms with van der Waals surface area (Å²) in [5.41, 5.74) is 5.31. The summed E-state index contributed by atoms with van der Waals surface area (Å²) in [6.45, 7) is 9.68. The van der Waals surface area contributed by atoms with E-state index in [9.17, 15) is 0 Å². The first-order valence-corrected chi connectivity index (χ1v) is 19.2. The third-order valence-corrected chi connectivity index (χ3v) is 10.3. The van der Waals surface area contributed by atoms with Crippen molar-refractivity contribution in [2.45, 2.75) is 46.8 Å². The van der Waals surface area contributed by atoms with Crippen LogP contribution < -0.4 is 5.19 Å². The van der Waals surface area contributed by atoms with E-state index in [2.05, 4.69) is 117 Å². The first-order valence-electron chi connectivity index (χ1n) is 17.2. The Morgan fingerprint density at radius 3 is 1.89 bits per heavy atom. The molecular weight excluding hydrogens is 765 g/mol. The van der Waals surface area contributed by atoms with Gasteiger partial charge in [-0.15, -0.1) is 23.8 Å². The van der Waals surface area contributed by atoms with Crippen molar-refractivity contribution in [3.63, 3.8) is 0 Å². The van der Waals surface area contributed by atoms with E-state index in [-0.39, 0.29) is 33.2 Å². The van der Waals surface area contributed by atoms with Crippen molar-refractivity contribution in [1.29, 1.82) is 0 Å². The standard InChI is InChI=1S/C30H30NSi.C12H11N.CH3.Ir/c1-20(2)16-22-18-29(31-19-30(22)32(3,4)5)21-14-15-27-25-12-7-6-10-23(25)24-11-8-9-13-26(24)28(27)17-21;1-10-6-5-9-12(13-10)11-7-3-2-4-8-11;;/h6-13,15,17-20H,16H2,1-5H3;2-9H,1H3;1H3;/q-1;;-1;/i;1D3;;. The van der Waals surface area contributed by atoms with Crippen molar-refractivity contribution < 1.29 is 24.2 Å². The van der Waals surface area contributed by atoms with Crippen LogP contribution in [0.3, 0.4) is 0 Å². The number of aryl methyl sites for hydroxylation is 1. The molecule has 0 aliphatic rings. The molecule has 5 aromatic carbocycles. The van der Waals surface area contributed by atoms with E-state index in [1.165, 1.54) is 49.1 Å². The summed E-state index contributed by atoms with van der Waals surface area (Å²) in [5.74, 6) is 0.622. The second kappa shape index (κ2) is 15.3. The Morgan fingerprint density at radius 2 is 1.30 bits per heavy atom. The SMILES string of the molecule is CC(C)Cc1cc(-c2[c-]cc3c4ccccc4c4ccccc4c3c2)ncc1[Si](C)(C)C.[2H]C([2H])([2H])c1cccc(-c2ccccc2)n1.[CH3-].[Ir]. The fraction of sp³-hybridized carbons (Fsp3) is 0.186. The number of fused-ring (bicyclic) bond motifs is 6. The molecule has 0 spiro atoms. The van der Waals surface area contributed by atoms with E-state index in [0.29, 0.717) is 11.6 Å². The van der Waals surface area contributed by atoms with Crippen LogP contribution in [0.1, 0.15) is 29.2 Å². The van der Waals surface area contributed by atoms with E-state index in [0.717, 1.165) is 23.2 Å². The van der Waals surface area contributed by atoms with Crippen molar-refractivity contribution in [3.8, 4) is 22.5 Å². The summed E-state index contributed by atoms with van der Waals surface area (Å²) in [5, 5.41) is 9.18. The first-order chi connectivity index (χ1) is 22.9. The van der Waals surface area contributed by atoms with Gasteiger partial charge in [0.2, 0.25) is 0 Å². The average molecular weight is 812 g/mol. The molecule has 0 N–H and O–H groups in total. The van der Waals surface area contributed by atoms with Crippen molar-refractivity contribution >= 4 is 45.6 Å². The molecule has 7 aromatic rings. The quantitative estimate of drug-likeness (QED) is 0.0983. The number of benzene rings is 5. The van der Waals surface area contributed by atoms with Crippen molar-refractivity contribution in [3.05, 3.63) is 146 Å². The van der Waals surface area contributed by atoms with Gasteiger partial charge in [0, 0.05) is 41.7 Å². The third kappa shape index (κ3) is 7.96. The summed E-state index contributed by atoms with van der Waals surface area (Å²) in [4.78, 5) is 9.09. The number of aromatic nitrogens is 2. The number of nitrogens with zero attached hydrogens (tertiary/aromatic N) is 2. The maximum absolute atomic E-state index is 7.30. The van der Waals surface area contributed by atoms with Crippen LogP contribution >= 0.6 is 0 Å². The smallest absolute Gasteiger partial charge is 0.0798 e. The summed E-state index contributed by atoms with van der Waals surface area (Å²) >= 11 is 0. The van der Waals surface area contributed by atoms with E-state index in [1.807, 2.05) is 36.4 Å². The van der Waals surface area contributed by atoms with Crippen LogP contribution in [0, 0.1) is 26.3 Å². The van der Waals surface area contributed by atoms with Crippen LogP contribution in [0.15, 0.2) is 121 Å². The Kier molecular flexibility index (Phi) is 10.3. The van der Waals surface area contributed by atoms with Crippen molar-refractivity contribution in [1.82, 2.24) is 9.97 Å². The zero-order chi connectivity index (χ0) is 34.1. The Hall–Kier alpha value is -3.95. The van der Waals surface area contributed by atoms with Gasteiger partial charge in [0.05, 0.1) is 13.8 Å². The zero-order valence-corrected chi connectivity index (χ0v) is 31.5. The Balaban J connectivity index is 0.000000265. The van der Waals surface area contributed by atoms with Crippen molar-refractivity contribution in [2.75, 3.05) is 0 Å². The molecule has 2 heterocycles. The van der Waals surface area contributed by atoms with Crippen molar-refractivity contribution in [2.24, 2.45) is 5.92 Å². The van der Waals surface area contributed by atoms with Gasteiger partial charge >= 0.3 is 0 Å². The summed E-state index contributed by atoms with van der Waals surface area (Å²) in [7, 11) is -1.45. The van der Waals surface area contributed by atoms with Crippen LogP contribution in [0.25, 0.3) is 54.8 Å². The Bertz CT molecular complexity index is 2190. The zero-order valence-electron chi connectivity index (χ0n) is 31.1. The fourth-order valence-corrected chi connectivity index (χ4v) is 7.71. The summed E-state index contributed by atoms with van der Waals surface area (Å²) < 4.78 is 21.9. The second-order valence-electron chi connectivity index (χ2n) is 13.1. The molecule has 4 heteroatoms.